The van der Waals surface area contributed by atoms with E-state index in [0.717, 1.165) is 35.3 Å². The van der Waals surface area contributed by atoms with Gasteiger partial charge in [-0.05, 0) is 35.4 Å². The lowest BCUT2D eigenvalue weighted by Crippen LogP contribution is -2.43. The number of aliphatic imine (C=N–C) groups is 1. The first-order valence-corrected chi connectivity index (χ1v) is 8.99. The Morgan fingerprint density at radius 3 is 2.70 bits per heavy atom. The Morgan fingerprint density at radius 1 is 1.11 bits per heavy atom. The largest absolute Gasteiger partial charge is 0.497 e. The van der Waals surface area contributed by atoms with E-state index in [-0.39, 0.29) is 12.2 Å². The predicted octanol–water partition coefficient (Wildman–Crippen LogP) is 3.07. The third kappa shape index (κ3) is 4.64. The lowest BCUT2D eigenvalue weighted by atomic mass is 9.84. The monoisotopic (exact) mass is 369 g/mol. The molecule has 144 valence electrons. The molecule has 0 fully saturated rings. The van der Waals surface area contributed by atoms with Crippen molar-refractivity contribution >= 4 is 5.96 Å². The number of ether oxygens (including phenoxy) is 3. The number of guanidine groups is 1. The maximum atomic E-state index is 5.50. The highest BCUT2D eigenvalue weighted by molar-refractivity contribution is 5.79. The van der Waals surface area contributed by atoms with E-state index in [1.54, 1.807) is 14.2 Å². The molecule has 0 radical (unpaired) electrons. The van der Waals surface area contributed by atoms with Crippen LogP contribution in [-0.2, 0) is 12.0 Å². The normalized spacial score (nSPS) is 13.4. The summed E-state index contributed by atoms with van der Waals surface area (Å²) in [6, 6.07) is 14.1. The van der Waals surface area contributed by atoms with Gasteiger partial charge in [-0.3, -0.25) is 4.99 Å². The van der Waals surface area contributed by atoms with E-state index in [4.69, 9.17) is 14.2 Å². The van der Waals surface area contributed by atoms with E-state index in [0.29, 0.717) is 6.54 Å². The predicted molar refractivity (Wildman–Crippen MR) is 107 cm³/mol. The van der Waals surface area contributed by atoms with E-state index in [9.17, 15) is 0 Å². The molecular formula is C21H27N3O3. The molecule has 0 spiro atoms. The molecule has 1 aliphatic heterocycles. The second kappa shape index (κ2) is 8.20. The van der Waals surface area contributed by atoms with Crippen molar-refractivity contribution < 1.29 is 14.2 Å². The van der Waals surface area contributed by atoms with Crippen LogP contribution in [-0.4, -0.2) is 33.5 Å². The van der Waals surface area contributed by atoms with Gasteiger partial charge in [0.2, 0.25) is 6.79 Å². The molecule has 6 heteroatoms. The SMILES string of the molecule is CN=C(NCc1cccc(OC)c1)NCC(C)(C)c1ccc2c(c1)OCO2. The molecule has 2 aromatic carbocycles. The van der Waals surface area contributed by atoms with Crippen molar-refractivity contribution in [1.29, 1.82) is 0 Å². The zero-order chi connectivity index (χ0) is 19.3. The minimum absolute atomic E-state index is 0.103. The Labute approximate surface area is 160 Å². The van der Waals surface area contributed by atoms with Crippen LogP contribution in [0.3, 0.4) is 0 Å². The minimum atomic E-state index is -0.103. The fourth-order valence-corrected chi connectivity index (χ4v) is 2.91. The summed E-state index contributed by atoms with van der Waals surface area (Å²) >= 11 is 0. The van der Waals surface area contributed by atoms with Crippen molar-refractivity contribution in [3.05, 3.63) is 53.6 Å². The second-order valence-corrected chi connectivity index (χ2v) is 7.08. The fraction of sp³-hybridized carbons (Fsp3) is 0.381. The Balaban J connectivity index is 1.58. The van der Waals surface area contributed by atoms with Crippen LogP contribution in [0.4, 0.5) is 0 Å². The summed E-state index contributed by atoms with van der Waals surface area (Å²) in [6.45, 7) is 6.06. The molecule has 27 heavy (non-hydrogen) atoms. The Bertz CT molecular complexity index is 818. The van der Waals surface area contributed by atoms with Gasteiger partial charge in [-0.2, -0.15) is 0 Å². The van der Waals surface area contributed by atoms with Gasteiger partial charge >= 0.3 is 0 Å². The minimum Gasteiger partial charge on any atom is -0.497 e. The lowest BCUT2D eigenvalue weighted by Gasteiger charge is -2.27. The van der Waals surface area contributed by atoms with Gasteiger partial charge in [-0.1, -0.05) is 32.0 Å². The maximum absolute atomic E-state index is 5.50. The zero-order valence-corrected chi connectivity index (χ0v) is 16.3. The molecule has 0 unspecified atom stereocenters. The Kier molecular flexibility index (Phi) is 5.74. The molecule has 0 saturated carbocycles. The Hall–Kier alpha value is -2.89. The van der Waals surface area contributed by atoms with Crippen LogP contribution in [0.15, 0.2) is 47.5 Å². The van der Waals surface area contributed by atoms with Crippen LogP contribution in [0.5, 0.6) is 17.2 Å². The van der Waals surface area contributed by atoms with Gasteiger partial charge in [0.15, 0.2) is 17.5 Å². The summed E-state index contributed by atoms with van der Waals surface area (Å²) in [6.07, 6.45) is 0. The van der Waals surface area contributed by atoms with Gasteiger partial charge < -0.3 is 24.8 Å². The summed E-state index contributed by atoms with van der Waals surface area (Å²) in [5.41, 5.74) is 2.21. The molecule has 0 aliphatic carbocycles. The molecule has 2 N–H and O–H groups in total. The number of benzene rings is 2. The van der Waals surface area contributed by atoms with Gasteiger partial charge in [-0.15, -0.1) is 0 Å². The van der Waals surface area contributed by atoms with Crippen LogP contribution in [0.2, 0.25) is 0 Å². The first-order valence-electron chi connectivity index (χ1n) is 8.99. The van der Waals surface area contributed by atoms with Gasteiger partial charge in [0, 0.05) is 25.6 Å². The van der Waals surface area contributed by atoms with Crippen LogP contribution in [0.25, 0.3) is 0 Å². The number of rotatable bonds is 6. The number of nitrogens with zero attached hydrogens (tertiary/aromatic N) is 1. The average Bonchev–Trinajstić information content (AvgIpc) is 3.16. The first-order chi connectivity index (χ1) is 13.0. The third-order valence-electron chi connectivity index (χ3n) is 4.67. The molecular weight excluding hydrogens is 342 g/mol. The topological polar surface area (TPSA) is 64.1 Å². The first kappa shape index (κ1) is 18.9. The standard InChI is InChI=1S/C21H27N3O3/c1-21(2,16-8-9-18-19(11-16)27-14-26-18)13-24-20(22-3)23-12-15-6-5-7-17(10-15)25-4/h5-11H,12-14H2,1-4H3,(H2,22,23,24). The highest BCUT2D eigenvalue weighted by Crippen LogP contribution is 2.36. The van der Waals surface area contributed by atoms with Crippen molar-refractivity contribution in [2.45, 2.75) is 25.8 Å². The molecule has 1 aliphatic rings. The highest BCUT2D eigenvalue weighted by Gasteiger charge is 2.24. The molecule has 0 atom stereocenters. The number of nitrogens with one attached hydrogen (secondary N) is 2. The number of methoxy groups -OCH3 is 1. The molecule has 1 heterocycles. The van der Waals surface area contributed by atoms with E-state index >= 15 is 0 Å². The maximum Gasteiger partial charge on any atom is 0.231 e. The molecule has 0 aromatic heterocycles. The molecule has 0 amide bonds. The van der Waals surface area contributed by atoms with E-state index < -0.39 is 0 Å². The van der Waals surface area contributed by atoms with Crippen molar-refractivity contribution in [2.75, 3.05) is 27.5 Å². The van der Waals surface area contributed by atoms with E-state index in [1.165, 1.54) is 5.56 Å². The molecule has 2 aromatic rings. The summed E-state index contributed by atoms with van der Waals surface area (Å²) in [4.78, 5) is 4.32. The Morgan fingerprint density at radius 2 is 1.93 bits per heavy atom. The van der Waals surface area contributed by atoms with Crippen LogP contribution < -0.4 is 24.8 Å². The number of fused-ring (bicyclic) bond motifs is 1. The molecule has 0 saturated heterocycles. The lowest BCUT2D eigenvalue weighted by molar-refractivity contribution is 0.174. The highest BCUT2D eigenvalue weighted by atomic mass is 16.7. The summed E-state index contributed by atoms with van der Waals surface area (Å²) in [5.74, 6) is 3.22. The fourth-order valence-electron chi connectivity index (χ4n) is 2.91. The number of hydrogen-bond acceptors (Lipinski definition) is 4. The summed E-state index contributed by atoms with van der Waals surface area (Å²) in [5, 5.41) is 6.75. The smallest absolute Gasteiger partial charge is 0.231 e. The average molecular weight is 369 g/mol. The van der Waals surface area contributed by atoms with Crippen molar-refractivity contribution in [1.82, 2.24) is 10.6 Å². The van der Waals surface area contributed by atoms with Crippen molar-refractivity contribution in [3.63, 3.8) is 0 Å². The van der Waals surface area contributed by atoms with Crippen LogP contribution >= 0.6 is 0 Å². The van der Waals surface area contributed by atoms with Gasteiger partial charge in [-0.25, -0.2) is 0 Å². The van der Waals surface area contributed by atoms with Crippen molar-refractivity contribution in [2.24, 2.45) is 4.99 Å². The van der Waals surface area contributed by atoms with Crippen LogP contribution in [0.1, 0.15) is 25.0 Å². The summed E-state index contributed by atoms with van der Waals surface area (Å²) < 4.78 is 16.2. The van der Waals surface area contributed by atoms with Crippen LogP contribution in [0, 0.1) is 0 Å². The summed E-state index contributed by atoms with van der Waals surface area (Å²) in [7, 11) is 3.44. The quantitative estimate of drug-likeness (QED) is 0.605. The molecule has 0 bridgehead atoms. The van der Waals surface area contributed by atoms with E-state index in [1.807, 2.05) is 24.3 Å². The van der Waals surface area contributed by atoms with Gasteiger partial charge in [0.05, 0.1) is 7.11 Å². The molecule has 6 nitrogen and oxygen atoms in total. The van der Waals surface area contributed by atoms with E-state index in [2.05, 4.69) is 47.7 Å². The van der Waals surface area contributed by atoms with Gasteiger partial charge in [0.1, 0.15) is 5.75 Å². The molecule has 3 rings (SSSR count). The third-order valence-corrected chi connectivity index (χ3v) is 4.67. The van der Waals surface area contributed by atoms with Crippen molar-refractivity contribution in [3.8, 4) is 17.2 Å². The second-order valence-electron chi connectivity index (χ2n) is 7.08. The number of hydrogen-bond donors (Lipinski definition) is 2. The van der Waals surface area contributed by atoms with Gasteiger partial charge in [0.25, 0.3) is 0 Å². The zero-order valence-electron chi connectivity index (χ0n) is 16.3.